The average Bonchev–Trinajstić information content (AvgIpc) is 3.11. The molecule has 1 amide bonds. The number of aromatic nitrogens is 2. The number of rotatable bonds is 5. The Morgan fingerprint density at radius 1 is 1.13 bits per heavy atom. The van der Waals surface area contributed by atoms with Crippen LogP contribution in [-0.4, -0.2) is 22.8 Å². The van der Waals surface area contributed by atoms with Gasteiger partial charge in [0.2, 0.25) is 0 Å². The molecule has 0 unspecified atom stereocenters. The van der Waals surface area contributed by atoms with Crippen molar-refractivity contribution in [3.8, 4) is 5.69 Å². The van der Waals surface area contributed by atoms with E-state index in [1.807, 2.05) is 54.7 Å². The summed E-state index contributed by atoms with van der Waals surface area (Å²) in [4.78, 5) is 12.4. The number of nitrogens with zero attached hydrogens (tertiary/aromatic N) is 2. The Morgan fingerprint density at radius 2 is 1.91 bits per heavy atom. The molecule has 0 radical (unpaired) electrons. The highest BCUT2D eigenvalue weighted by Gasteiger charge is 2.11. The Hall–Kier alpha value is -2.92. The SMILES string of the molecule is COCc1ccccc1C(=O)Nc1ccc(-n2cccn2)cc1. The smallest absolute Gasteiger partial charge is 0.256 e. The summed E-state index contributed by atoms with van der Waals surface area (Å²) in [5.41, 5.74) is 3.15. The number of methoxy groups -OCH3 is 1. The molecule has 3 rings (SSSR count). The van der Waals surface area contributed by atoms with Crippen molar-refractivity contribution in [1.29, 1.82) is 0 Å². The lowest BCUT2D eigenvalue weighted by Gasteiger charge is -2.10. The molecule has 1 heterocycles. The first kappa shape index (κ1) is 15.0. The summed E-state index contributed by atoms with van der Waals surface area (Å²) < 4.78 is 6.90. The molecule has 2 aromatic carbocycles. The van der Waals surface area contributed by atoms with Crippen LogP contribution in [0.15, 0.2) is 67.0 Å². The first-order chi connectivity index (χ1) is 11.3. The summed E-state index contributed by atoms with van der Waals surface area (Å²) >= 11 is 0. The number of benzene rings is 2. The number of hydrogen-bond donors (Lipinski definition) is 1. The van der Waals surface area contributed by atoms with Crippen LogP contribution in [0.3, 0.4) is 0 Å². The monoisotopic (exact) mass is 307 g/mol. The second kappa shape index (κ2) is 6.89. The van der Waals surface area contributed by atoms with Crippen molar-refractivity contribution < 1.29 is 9.53 Å². The molecule has 23 heavy (non-hydrogen) atoms. The highest BCUT2D eigenvalue weighted by molar-refractivity contribution is 6.05. The first-order valence-electron chi connectivity index (χ1n) is 7.26. The molecule has 5 heteroatoms. The van der Waals surface area contributed by atoms with Crippen LogP contribution in [0, 0.1) is 0 Å². The van der Waals surface area contributed by atoms with E-state index in [4.69, 9.17) is 4.74 Å². The molecule has 0 aliphatic carbocycles. The van der Waals surface area contributed by atoms with Gasteiger partial charge in [-0.25, -0.2) is 4.68 Å². The van der Waals surface area contributed by atoms with Crippen molar-refractivity contribution in [2.75, 3.05) is 12.4 Å². The summed E-state index contributed by atoms with van der Waals surface area (Å²) in [6.07, 6.45) is 3.59. The van der Waals surface area contributed by atoms with E-state index >= 15 is 0 Å². The van der Waals surface area contributed by atoms with Crippen LogP contribution in [0.4, 0.5) is 5.69 Å². The van der Waals surface area contributed by atoms with Crippen molar-refractivity contribution in [1.82, 2.24) is 9.78 Å². The number of carbonyl (C=O) groups is 1. The van der Waals surface area contributed by atoms with Crippen LogP contribution in [0.5, 0.6) is 0 Å². The molecule has 0 saturated heterocycles. The van der Waals surface area contributed by atoms with Crippen LogP contribution < -0.4 is 5.32 Å². The Bertz CT molecular complexity index is 780. The molecular weight excluding hydrogens is 290 g/mol. The lowest BCUT2D eigenvalue weighted by molar-refractivity contribution is 0.102. The van der Waals surface area contributed by atoms with Gasteiger partial charge in [-0.15, -0.1) is 0 Å². The maximum atomic E-state index is 12.4. The van der Waals surface area contributed by atoms with E-state index in [2.05, 4.69) is 10.4 Å². The zero-order chi connectivity index (χ0) is 16.1. The predicted molar refractivity (Wildman–Crippen MR) is 88.7 cm³/mol. The molecule has 0 aliphatic rings. The van der Waals surface area contributed by atoms with Gasteiger partial charge in [0, 0.05) is 30.8 Å². The fourth-order valence-corrected chi connectivity index (χ4v) is 2.34. The van der Waals surface area contributed by atoms with Crippen LogP contribution in [-0.2, 0) is 11.3 Å². The normalized spacial score (nSPS) is 10.5. The Balaban J connectivity index is 1.75. The van der Waals surface area contributed by atoms with Crippen molar-refractivity contribution in [2.45, 2.75) is 6.61 Å². The fourth-order valence-electron chi connectivity index (χ4n) is 2.34. The molecule has 0 spiro atoms. The second-order valence-electron chi connectivity index (χ2n) is 5.04. The largest absolute Gasteiger partial charge is 0.380 e. The van der Waals surface area contributed by atoms with Gasteiger partial charge in [0.15, 0.2) is 0 Å². The molecular formula is C18H17N3O2. The van der Waals surface area contributed by atoms with Gasteiger partial charge in [-0.2, -0.15) is 5.10 Å². The fraction of sp³-hybridized carbons (Fsp3) is 0.111. The maximum Gasteiger partial charge on any atom is 0.256 e. The third kappa shape index (κ3) is 3.46. The maximum absolute atomic E-state index is 12.4. The summed E-state index contributed by atoms with van der Waals surface area (Å²) in [7, 11) is 1.61. The van der Waals surface area contributed by atoms with Crippen LogP contribution in [0.25, 0.3) is 5.69 Å². The van der Waals surface area contributed by atoms with E-state index in [0.717, 1.165) is 16.9 Å². The van der Waals surface area contributed by atoms with Crippen molar-refractivity contribution >= 4 is 11.6 Å². The molecule has 0 aliphatic heterocycles. The highest BCUT2D eigenvalue weighted by atomic mass is 16.5. The number of hydrogen-bond acceptors (Lipinski definition) is 3. The zero-order valence-corrected chi connectivity index (χ0v) is 12.8. The molecule has 5 nitrogen and oxygen atoms in total. The molecule has 1 aromatic heterocycles. The van der Waals surface area contributed by atoms with E-state index in [1.165, 1.54) is 0 Å². The molecule has 0 bridgehead atoms. The minimum absolute atomic E-state index is 0.149. The van der Waals surface area contributed by atoms with Crippen molar-refractivity contribution in [2.24, 2.45) is 0 Å². The topological polar surface area (TPSA) is 56.1 Å². The molecule has 3 aromatic rings. The Morgan fingerprint density at radius 3 is 2.61 bits per heavy atom. The van der Waals surface area contributed by atoms with Crippen LogP contribution in [0.2, 0.25) is 0 Å². The van der Waals surface area contributed by atoms with Crippen molar-refractivity contribution in [3.63, 3.8) is 0 Å². The zero-order valence-electron chi connectivity index (χ0n) is 12.8. The van der Waals surface area contributed by atoms with Gasteiger partial charge in [0.1, 0.15) is 0 Å². The van der Waals surface area contributed by atoms with Gasteiger partial charge < -0.3 is 10.1 Å². The molecule has 0 atom stereocenters. The van der Waals surface area contributed by atoms with Crippen LogP contribution in [0.1, 0.15) is 15.9 Å². The highest BCUT2D eigenvalue weighted by Crippen LogP contribution is 2.16. The van der Waals surface area contributed by atoms with Gasteiger partial charge in [-0.3, -0.25) is 4.79 Å². The van der Waals surface area contributed by atoms with E-state index in [0.29, 0.717) is 12.2 Å². The number of ether oxygens (including phenoxy) is 1. The predicted octanol–water partition coefficient (Wildman–Crippen LogP) is 3.27. The van der Waals surface area contributed by atoms with Gasteiger partial charge in [-0.1, -0.05) is 18.2 Å². The van der Waals surface area contributed by atoms with Gasteiger partial charge in [0.05, 0.1) is 12.3 Å². The molecule has 116 valence electrons. The first-order valence-corrected chi connectivity index (χ1v) is 7.26. The third-order valence-electron chi connectivity index (χ3n) is 3.46. The van der Waals surface area contributed by atoms with Gasteiger partial charge in [-0.05, 0) is 42.0 Å². The van der Waals surface area contributed by atoms with Crippen molar-refractivity contribution in [3.05, 3.63) is 78.1 Å². The average molecular weight is 307 g/mol. The molecule has 0 fully saturated rings. The minimum atomic E-state index is -0.149. The lowest BCUT2D eigenvalue weighted by Crippen LogP contribution is -2.14. The third-order valence-corrected chi connectivity index (χ3v) is 3.46. The number of carbonyl (C=O) groups excluding carboxylic acids is 1. The summed E-state index contributed by atoms with van der Waals surface area (Å²) in [6, 6.07) is 16.8. The second-order valence-corrected chi connectivity index (χ2v) is 5.04. The minimum Gasteiger partial charge on any atom is -0.380 e. The van der Waals surface area contributed by atoms with E-state index in [9.17, 15) is 4.79 Å². The van der Waals surface area contributed by atoms with Gasteiger partial charge in [0.25, 0.3) is 5.91 Å². The number of amides is 1. The quantitative estimate of drug-likeness (QED) is 0.787. The van der Waals surface area contributed by atoms with Crippen LogP contribution >= 0.6 is 0 Å². The van der Waals surface area contributed by atoms with E-state index in [-0.39, 0.29) is 5.91 Å². The summed E-state index contributed by atoms with van der Waals surface area (Å²) in [5, 5.41) is 7.08. The van der Waals surface area contributed by atoms with E-state index in [1.54, 1.807) is 24.1 Å². The number of nitrogens with one attached hydrogen (secondary N) is 1. The van der Waals surface area contributed by atoms with E-state index < -0.39 is 0 Å². The molecule has 0 saturated carbocycles. The lowest BCUT2D eigenvalue weighted by atomic mass is 10.1. The summed E-state index contributed by atoms with van der Waals surface area (Å²) in [5.74, 6) is -0.149. The Labute approximate surface area is 134 Å². The Kier molecular flexibility index (Phi) is 4.49. The molecule has 1 N–H and O–H groups in total. The van der Waals surface area contributed by atoms with Gasteiger partial charge >= 0.3 is 0 Å². The number of anilines is 1. The standard InChI is InChI=1S/C18H17N3O2/c1-23-13-14-5-2-3-6-17(14)18(22)20-15-7-9-16(10-8-15)21-12-4-11-19-21/h2-12H,13H2,1H3,(H,20,22). The summed E-state index contributed by atoms with van der Waals surface area (Å²) in [6.45, 7) is 0.405.